The second-order valence-corrected chi connectivity index (χ2v) is 17.2. The number of benzene rings is 6. The van der Waals surface area contributed by atoms with Crippen molar-refractivity contribution in [3.63, 3.8) is 0 Å². The van der Waals surface area contributed by atoms with Gasteiger partial charge in [0, 0.05) is 67.8 Å². The van der Waals surface area contributed by atoms with Crippen molar-refractivity contribution in [2.24, 2.45) is 0 Å². The lowest BCUT2D eigenvalue weighted by Gasteiger charge is -2.10. The van der Waals surface area contributed by atoms with Gasteiger partial charge < -0.3 is 10.6 Å². The van der Waals surface area contributed by atoms with Gasteiger partial charge >= 0.3 is 0 Å². The molecule has 2 N–H and O–H groups in total. The van der Waals surface area contributed by atoms with E-state index in [0.717, 1.165) is 17.1 Å². The van der Waals surface area contributed by atoms with E-state index in [4.69, 9.17) is 0 Å². The highest BCUT2D eigenvalue weighted by molar-refractivity contribution is 6.11. The van der Waals surface area contributed by atoms with Crippen LogP contribution in [0.25, 0.3) is 0 Å². The fourth-order valence-electron chi connectivity index (χ4n) is 6.90. The predicted molar refractivity (Wildman–Crippen MR) is 303 cm³/mol. The van der Waals surface area contributed by atoms with Gasteiger partial charge in [0.15, 0.2) is 17.3 Å². The highest BCUT2D eigenvalue weighted by atomic mass is 16.2. The summed E-state index contributed by atoms with van der Waals surface area (Å²) in [4.78, 5) is 70.4. The van der Waals surface area contributed by atoms with Gasteiger partial charge in [-0.2, -0.15) is 0 Å². The minimum atomic E-state index is -0.234. The van der Waals surface area contributed by atoms with Crippen molar-refractivity contribution < 1.29 is 24.0 Å². The normalized spacial score (nSPS) is 9.99. The number of carbonyl (C=O) groups is 5. The molecule has 0 spiro atoms. The molecule has 9 nitrogen and oxygen atoms in total. The number of aromatic nitrogens is 2. The van der Waals surface area contributed by atoms with Crippen LogP contribution in [-0.2, 0) is 0 Å². The molecular weight excluding hydrogens is 905 g/mol. The van der Waals surface area contributed by atoms with Crippen LogP contribution in [0.3, 0.4) is 0 Å². The van der Waals surface area contributed by atoms with Crippen LogP contribution in [0.2, 0.25) is 0 Å². The van der Waals surface area contributed by atoms with Crippen molar-refractivity contribution >= 4 is 40.5 Å². The monoisotopic (exact) mass is 977 g/mol. The largest absolute Gasteiger partial charge is 0.322 e. The van der Waals surface area contributed by atoms with Gasteiger partial charge in [-0.1, -0.05) is 199 Å². The van der Waals surface area contributed by atoms with Crippen molar-refractivity contribution in [2.45, 2.75) is 89.0 Å². The van der Waals surface area contributed by atoms with E-state index in [0.29, 0.717) is 67.9 Å². The number of pyridine rings is 2. The summed E-state index contributed by atoms with van der Waals surface area (Å²) in [5, 5.41) is 5.73. The predicted octanol–water partition coefficient (Wildman–Crippen LogP) is 16.0. The first kappa shape index (κ1) is 60.7. The van der Waals surface area contributed by atoms with Crippen LogP contribution in [0.4, 0.5) is 11.4 Å². The molecule has 0 saturated heterocycles. The molecule has 378 valence electrons. The smallest absolute Gasteiger partial charge is 0.255 e. The minimum Gasteiger partial charge on any atom is -0.322 e. The first-order valence-corrected chi connectivity index (χ1v) is 22.9. The van der Waals surface area contributed by atoms with Gasteiger partial charge in [0.25, 0.3) is 11.8 Å². The lowest BCUT2D eigenvalue weighted by atomic mass is 10.0. The van der Waals surface area contributed by atoms with Gasteiger partial charge in [-0.3, -0.25) is 33.9 Å². The summed E-state index contributed by atoms with van der Waals surface area (Å²) in [6.45, 7) is 12.5. The topological polar surface area (TPSA) is 135 Å². The number of anilines is 2. The number of hydrogen-bond donors (Lipinski definition) is 2. The van der Waals surface area contributed by atoms with Gasteiger partial charge in [-0.05, 0) is 84.0 Å². The zero-order chi connectivity index (χ0) is 49.3. The standard InChI is InChI=1S/C23H21NO2.C22H20N2O2.C15H15NO.4CH4/c1-16(2)20-9-6-10-21(15-20)24-23(26)19-13-11-18(12-14-19)22(25)17-7-4-3-5-8-17;1-15(2)20-13-12-19(14-23-20)24-22(26)18-10-8-17(9-11-18)21(25)16-6-4-3-5-7-16;1-11(2)14-9-8-13(10-16-14)15(17)12-6-4-3-5-7-12;;;;/h3-16H,1-2H3,(H,24,26);3-15H,1-2H3,(H,24,26);3-11H,1-2H3;4*1H4. The summed E-state index contributed by atoms with van der Waals surface area (Å²) >= 11 is 0. The Morgan fingerprint density at radius 3 is 1.03 bits per heavy atom. The zero-order valence-corrected chi connectivity index (χ0v) is 39.7. The number of hydrogen-bond acceptors (Lipinski definition) is 7. The molecule has 0 fully saturated rings. The molecule has 8 rings (SSSR count). The Bertz CT molecular complexity index is 2950. The maximum atomic E-state index is 12.5. The molecular formula is C64H72N4O5. The van der Waals surface area contributed by atoms with Gasteiger partial charge in [0.2, 0.25) is 0 Å². The first-order valence-electron chi connectivity index (χ1n) is 22.9. The number of amides is 2. The van der Waals surface area contributed by atoms with Gasteiger partial charge in [0.1, 0.15) is 0 Å². The summed E-state index contributed by atoms with van der Waals surface area (Å²) in [6, 6.07) is 56.2. The molecule has 73 heavy (non-hydrogen) atoms. The van der Waals surface area contributed by atoms with Crippen LogP contribution < -0.4 is 10.6 Å². The van der Waals surface area contributed by atoms with E-state index < -0.39 is 0 Å². The SMILES string of the molecule is C.C.C.C.CC(C)c1ccc(C(=O)c2ccccc2)cn1.CC(C)c1ccc(NC(=O)c2ccc(C(=O)c3ccccc3)cc2)cn1.CC(C)c1cccc(NC(=O)c2ccc(C(=O)c3ccccc3)cc2)c1. The molecule has 6 aromatic carbocycles. The lowest BCUT2D eigenvalue weighted by Crippen LogP contribution is -2.12. The van der Waals surface area contributed by atoms with E-state index in [2.05, 4.69) is 62.1 Å². The Balaban J connectivity index is 0.000000373. The molecule has 0 aliphatic carbocycles. The van der Waals surface area contributed by atoms with Crippen molar-refractivity contribution in [3.8, 4) is 0 Å². The lowest BCUT2D eigenvalue weighted by molar-refractivity contribution is 0.101. The number of nitrogens with zero attached hydrogens (tertiary/aromatic N) is 2. The second kappa shape index (κ2) is 29.7. The Labute approximate surface area is 434 Å². The summed E-state index contributed by atoms with van der Waals surface area (Å²) < 4.78 is 0. The summed E-state index contributed by atoms with van der Waals surface area (Å²) in [6.07, 6.45) is 3.31. The Hall–Kier alpha value is -8.43. The average molecular weight is 977 g/mol. The molecule has 0 unspecified atom stereocenters. The average Bonchev–Trinajstić information content (AvgIpc) is 3.39. The fraction of sp³-hybridized carbons (Fsp3) is 0.203. The summed E-state index contributed by atoms with van der Waals surface area (Å²) in [5.74, 6) is 0.606. The third-order valence-electron chi connectivity index (χ3n) is 11.0. The van der Waals surface area contributed by atoms with Crippen LogP contribution in [-0.4, -0.2) is 39.1 Å². The molecule has 2 heterocycles. The van der Waals surface area contributed by atoms with E-state index in [1.54, 1.807) is 85.2 Å². The number of nitrogens with one attached hydrogen (secondary N) is 2. The number of ketones is 3. The molecule has 0 saturated carbocycles. The highest BCUT2D eigenvalue weighted by Gasteiger charge is 2.14. The highest BCUT2D eigenvalue weighted by Crippen LogP contribution is 2.21. The van der Waals surface area contributed by atoms with E-state index in [9.17, 15) is 24.0 Å². The molecule has 8 aromatic rings. The molecule has 2 aromatic heterocycles. The molecule has 0 aliphatic rings. The van der Waals surface area contributed by atoms with E-state index in [1.165, 1.54) is 5.56 Å². The minimum absolute atomic E-state index is 0. The van der Waals surface area contributed by atoms with Crippen molar-refractivity contribution in [3.05, 3.63) is 262 Å². The van der Waals surface area contributed by atoms with Crippen molar-refractivity contribution in [1.82, 2.24) is 9.97 Å². The third-order valence-corrected chi connectivity index (χ3v) is 11.0. The molecule has 0 aliphatic heterocycles. The van der Waals surface area contributed by atoms with E-state index in [1.807, 2.05) is 115 Å². The quantitative estimate of drug-likeness (QED) is 0.110. The Kier molecular flexibility index (Phi) is 24.7. The Morgan fingerprint density at radius 1 is 0.329 bits per heavy atom. The summed E-state index contributed by atoms with van der Waals surface area (Å²) in [7, 11) is 0. The van der Waals surface area contributed by atoms with Gasteiger partial charge in [-0.15, -0.1) is 0 Å². The van der Waals surface area contributed by atoms with Crippen LogP contribution >= 0.6 is 0 Å². The van der Waals surface area contributed by atoms with Crippen LogP contribution in [0.5, 0.6) is 0 Å². The molecule has 0 radical (unpaired) electrons. The summed E-state index contributed by atoms with van der Waals surface area (Å²) in [5.41, 5.74) is 9.29. The third kappa shape index (κ3) is 17.4. The molecule has 0 bridgehead atoms. The van der Waals surface area contributed by atoms with E-state index >= 15 is 0 Å². The van der Waals surface area contributed by atoms with Crippen LogP contribution in [0.15, 0.2) is 200 Å². The molecule has 0 atom stereocenters. The molecule has 2 amide bonds. The Morgan fingerprint density at radius 2 is 0.671 bits per heavy atom. The molecule has 9 heteroatoms. The maximum Gasteiger partial charge on any atom is 0.255 e. The van der Waals surface area contributed by atoms with Crippen molar-refractivity contribution in [2.75, 3.05) is 10.6 Å². The zero-order valence-electron chi connectivity index (χ0n) is 39.7. The maximum absolute atomic E-state index is 12.5. The van der Waals surface area contributed by atoms with Crippen LogP contribution in [0, 0.1) is 0 Å². The van der Waals surface area contributed by atoms with Crippen molar-refractivity contribution in [1.29, 1.82) is 0 Å². The van der Waals surface area contributed by atoms with Gasteiger partial charge in [0.05, 0.1) is 11.9 Å². The number of rotatable bonds is 13. The van der Waals surface area contributed by atoms with Crippen LogP contribution in [0.1, 0.15) is 174 Å². The van der Waals surface area contributed by atoms with E-state index in [-0.39, 0.29) is 58.9 Å². The first-order chi connectivity index (χ1) is 33.3. The number of carbonyl (C=O) groups excluding carboxylic acids is 5. The fourth-order valence-corrected chi connectivity index (χ4v) is 6.90. The van der Waals surface area contributed by atoms with Gasteiger partial charge in [-0.25, -0.2) is 0 Å². The second-order valence-electron chi connectivity index (χ2n) is 17.2.